The van der Waals surface area contributed by atoms with E-state index < -0.39 is 5.54 Å². The van der Waals surface area contributed by atoms with Gasteiger partial charge in [0.05, 0.1) is 5.54 Å². The van der Waals surface area contributed by atoms with E-state index in [9.17, 15) is 4.79 Å². The van der Waals surface area contributed by atoms with E-state index in [-0.39, 0.29) is 5.91 Å². The molecule has 3 N–H and O–H groups in total. The van der Waals surface area contributed by atoms with Gasteiger partial charge in [0.15, 0.2) is 0 Å². The number of hydrogen-bond donors (Lipinski definition) is 2. The van der Waals surface area contributed by atoms with Crippen molar-refractivity contribution in [2.45, 2.75) is 64.8 Å². The molecule has 0 saturated carbocycles. The maximum Gasteiger partial charge on any atom is 0.240 e. The minimum Gasteiger partial charge on any atom is -0.355 e. The molecule has 0 rings (SSSR count). The Labute approximate surface area is 93.8 Å². The Kier molecular flexibility index (Phi) is 7.39. The van der Waals surface area contributed by atoms with Crippen LogP contribution in [0.25, 0.3) is 0 Å². The van der Waals surface area contributed by atoms with E-state index in [1.165, 1.54) is 0 Å². The number of nitrogens with one attached hydrogen (secondary N) is 1. The lowest BCUT2D eigenvalue weighted by Crippen LogP contribution is -2.53. The van der Waals surface area contributed by atoms with Crippen LogP contribution >= 0.6 is 0 Å². The normalized spacial score (nSPS) is 11.5. The molecule has 0 heterocycles. The van der Waals surface area contributed by atoms with E-state index in [1.807, 2.05) is 6.92 Å². The smallest absolute Gasteiger partial charge is 0.240 e. The van der Waals surface area contributed by atoms with Crippen LogP contribution in [-0.4, -0.2) is 18.0 Å². The molecule has 0 aliphatic heterocycles. The van der Waals surface area contributed by atoms with Crippen LogP contribution in [-0.2, 0) is 4.79 Å². The molecule has 0 aromatic rings. The summed E-state index contributed by atoms with van der Waals surface area (Å²) in [6.45, 7) is 6.84. The first-order valence-electron chi connectivity index (χ1n) is 6.17. The van der Waals surface area contributed by atoms with Gasteiger partial charge in [0.25, 0.3) is 0 Å². The highest BCUT2D eigenvalue weighted by atomic mass is 16.2. The lowest BCUT2D eigenvalue weighted by atomic mass is 9.87. The minimum absolute atomic E-state index is 0.0203. The predicted molar refractivity (Wildman–Crippen MR) is 64.7 cm³/mol. The fourth-order valence-corrected chi connectivity index (χ4v) is 1.67. The Hall–Kier alpha value is -0.570. The maximum absolute atomic E-state index is 11.8. The highest BCUT2D eigenvalue weighted by Crippen LogP contribution is 2.19. The summed E-state index contributed by atoms with van der Waals surface area (Å²) in [6.07, 6.45) is 5.83. The Bertz CT molecular complexity index is 172. The van der Waals surface area contributed by atoms with Gasteiger partial charge in [-0.3, -0.25) is 4.79 Å². The molecule has 3 heteroatoms. The van der Waals surface area contributed by atoms with Gasteiger partial charge < -0.3 is 11.1 Å². The molecule has 0 aromatic carbocycles. The van der Waals surface area contributed by atoms with Gasteiger partial charge in [-0.05, 0) is 19.8 Å². The third-order valence-electron chi connectivity index (χ3n) is 2.74. The predicted octanol–water partition coefficient (Wildman–Crippen LogP) is 2.20. The van der Waals surface area contributed by atoms with Crippen LogP contribution in [0.15, 0.2) is 0 Å². The zero-order chi connectivity index (χ0) is 11.7. The molecule has 0 bridgehead atoms. The molecule has 0 atom stereocenters. The fraction of sp³-hybridized carbons (Fsp3) is 0.917. The van der Waals surface area contributed by atoms with E-state index in [2.05, 4.69) is 19.2 Å². The molecule has 0 fully saturated rings. The molecule has 0 aromatic heterocycles. The van der Waals surface area contributed by atoms with Crippen molar-refractivity contribution < 1.29 is 4.79 Å². The maximum atomic E-state index is 11.8. The average molecular weight is 214 g/mol. The highest BCUT2D eigenvalue weighted by molar-refractivity contribution is 5.85. The standard InChI is InChI=1S/C12H26N2O/c1-4-7-9-12(13,10-8-5-2)11(15)14-6-3/h4-10,13H2,1-3H3,(H,14,15). The van der Waals surface area contributed by atoms with Crippen LogP contribution in [0.5, 0.6) is 0 Å². The van der Waals surface area contributed by atoms with Crippen molar-refractivity contribution in [1.29, 1.82) is 0 Å². The lowest BCUT2D eigenvalue weighted by molar-refractivity contribution is -0.126. The average Bonchev–Trinajstić information content (AvgIpc) is 2.24. The number of unbranched alkanes of at least 4 members (excludes halogenated alkanes) is 2. The molecular weight excluding hydrogens is 188 g/mol. The summed E-state index contributed by atoms with van der Waals surface area (Å²) >= 11 is 0. The molecule has 0 unspecified atom stereocenters. The number of carbonyl (C=O) groups excluding carboxylic acids is 1. The van der Waals surface area contributed by atoms with E-state index >= 15 is 0 Å². The summed E-state index contributed by atoms with van der Waals surface area (Å²) in [5, 5.41) is 2.84. The lowest BCUT2D eigenvalue weighted by Gasteiger charge is -2.28. The van der Waals surface area contributed by atoms with Crippen molar-refractivity contribution in [3.8, 4) is 0 Å². The topological polar surface area (TPSA) is 55.1 Å². The third-order valence-corrected chi connectivity index (χ3v) is 2.74. The molecule has 15 heavy (non-hydrogen) atoms. The summed E-state index contributed by atoms with van der Waals surface area (Å²) in [6, 6.07) is 0. The third kappa shape index (κ3) is 5.17. The first kappa shape index (κ1) is 14.4. The van der Waals surface area contributed by atoms with E-state index in [0.717, 1.165) is 38.5 Å². The highest BCUT2D eigenvalue weighted by Gasteiger charge is 2.31. The second-order valence-corrected chi connectivity index (χ2v) is 4.22. The van der Waals surface area contributed by atoms with E-state index in [1.54, 1.807) is 0 Å². The summed E-state index contributed by atoms with van der Waals surface area (Å²) in [7, 11) is 0. The summed E-state index contributed by atoms with van der Waals surface area (Å²) < 4.78 is 0. The second-order valence-electron chi connectivity index (χ2n) is 4.22. The number of hydrogen-bond acceptors (Lipinski definition) is 2. The zero-order valence-corrected chi connectivity index (χ0v) is 10.4. The zero-order valence-electron chi connectivity index (χ0n) is 10.4. The number of nitrogens with two attached hydrogens (primary N) is 1. The van der Waals surface area contributed by atoms with Gasteiger partial charge in [-0.2, -0.15) is 0 Å². The van der Waals surface area contributed by atoms with Crippen LogP contribution in [0.1, 0.15) is 59.3 Å². The van der Waals surface area contributed by atoms with Crippen molar-refractivity contribution in [3.05, 3.63) is 0 Å². The van der Waals surface area contributed by atoms with Crippen LogP contribution in [0, 0.1) is 0 Å². The molecule has 90 valence electrons. The Morgan fingerprint density at radius 1 is 1.13 bits per heavy atom. The van der Waals surface area contributed by atoms with Gasteiger partial charge in [-0.1, -0.05) is 39.5 Å². The summed E-state index contributed by atoms with van der Waals surface area (Å²) in [4.78, 5) is 11.8. The van der Waals surface area contributed by atoms with Crippen LogP contribution < -0.4 is 11.1 Å². The molecular formula is C12H26N2O. The van der Waals surface area contributed by atoms with Gasteiger partial charge in [-0.25, -0.2) is 0 Å². The van der Waals surface area contributed by atoms with Crippen LogP contribution in [0.2, 0.25) is 0 Å². The van der Waals surface area contributed by atoms with Crippen molar-refractivity contribution in [2.75, 3.05) is 6.54 Å². The van der Waals surface area contributed by atoms with Gasteiger partial charge >= 0.3 is 0 Å². The largest absolute Gasteiger partial charge is 0.355 e. The minimum atomic E-state index is -0.637. The van der Waals surface area contributed by atoms with Crippen LogP contribution in [0.4, 0.5) is 0 Å². The Morgan fingerprint density at radius 2 is 1.60 bits per heavy atom. The van der Waals surface area contributed by atoms with Gasteiger partial charge in [-0.15, -0.1) is 0 Å². The monoisotopic (exact) mass is 214 g/mol. The SMILES string of the molecule is CCCCC(N)(CCCC)C(=O)NCC. The van der Waals surface area contributed by atoms with Gasteiger partial charge in [0.2, 0.25) is 5.91 Å². The molecule has 0 spiro atoms. The van der Waals surface area contributed by atoms with Crippen LogP contribution in [0.3, 0.4) is 0 Å². The van der Waals surface area contributed by atoms with Crippen molar-refractivity contribution in [1.82, 2.24) is 5.32 Å². The first-order chi connectivity index (χ1) is 7.10. The molecule has 0 radical (unpaired) electrons. The van der Waals surface area contributed by atoms with Crippen molar-refractivity contribution in [2.24, 2.45) is 5.73 Å². The quantitative estimate of drug-likeness (QED) is 0.651. The summed E-state index contributed by atoms with van der Waals surface area (Å²) in [5.41, 5.74) is 5.55. The summed E-state index contributed by atoms with van der Waals surface area (Å²) in [5.74, 6) is 0.0203. The molecule has 0 aliphatic rings. The Balaban J connectivity index is 4.30. The molecule has 3 nitrogen and oxygen atoms in total. The second kappa shape index (κ2) is 7.69. The number of rotatable bonds is 8. The van der Waals surface area contributed by atoms with E-state index in [0.29, 0.717) is 6.54 Å². The number of likely N-dealkylation sites (N-methyl/N-ethyl adjacent to an activating group) is 1. The van der Waals surface area contributed by atoms with Crippen molar-refractivity contribution >= 4 is 5.91 Å². The van der Waals surface area contributed by atoms with Crippen molar-refractivity contribution in [3.63, 3.8) is 0 Å². The van der Waals surface area contributed by atoms with E-state index in [4.69, 9.17) is 5.73 Å². The Morgan fingerprint density at radius 3 is 1.93 bits per heavy atom. The molecule has 0 saturated heterocycles. The first-order valence-corrected chi connectivity index (χ1v) is 6.17. The molecule has 1 amide bonds. The number of amides is 1. The van der Waals surface area contributed by atoms with Gasteiger partial charge in [0, 0.05) is 6.54 Å². The van der Waals surface area contributed by atoms with Gasteiger partial charge in [0.1, 0.15) is 0 Å². The fourth-order valence-electron chi connectivity index (χ4n) is 1.67. The molecule has 0 aliphatic carbocycles. The number of carbonyl (C=O) groups is 1.